The normalized spacial score (nSPS) is 10.6. The van der Waals surface area contributed by atoms with Gasteiger partial charge in [0.05, 0.1) is 6.34 Å². The van der Waals surface area contributed by atoms with Crippen LogP contribution in [0.4, 0.5) is 10.1 Å². The highest BCUT2D eigenvalue weighted by Crippen LogP contribution is 2.15. The second-order valence-electron chi connectivity index (χ2n) is 2.66. The Morgan fingerprint density at radius 3 is 2.58 bits per heavy atom. The first-order valence-corrected chi connectivity index (χ1v) is 3.65. The molecule has 1 aromatic carbocycles. The van der Waals surface area contributed by atoms with Gasteiger partial charge in [-0.15, -0.1) is 0 Å². The summed E-state index contributed by atoms with van der Waals surface area (Å²) in [5.41, 5.74) is 0.367. The number of benzene rings is 1. The lowest BCUT2D eigenvalue weighted by Crippen LogP contribution is -2.07. The van der Waals surface area contributed by atoms with Crippen LogP contribution in [-0.2, 0) is 0 Å². The number of para-hydroxylation sites is 1. The molecule has 64 valence electrons. The number of halogens is 1. The third kappa shape index (κ3) is 2.34. The van der Waals surface area contributed by atoms with Crippen LogP contribution in [0.1, 0.15) is 0 Å². The van der Waals surface area contributed by atoms with Crippen molar-refractivity contribution in [3.63, 3.8) is 0 Å². The van der Waals surface area contributed by atoms with Crippen molar-refractivity contribution >= 4 is 12.0 Å². The second-order valence-corrected chi connectivity index (χ2v) is 2.66. The van der Waals surface area contributed by atoms with Gasteiger partial charge in [0.2, 0.25) is 0 Å². The maximum absolute atomic E-state index is 12.9. The largest absolute Gasteiger partial charge is 0.369 e. The Balaban J connectivity index is 2.82. The molecular weight excluding hydrogens is 155 g/mol. The van der Waals surface area contributed by atoms with Gasteiger partial charge < -0.3 is 4.90 Å². The quantitative estimate of drug-likeness (QED) is 0.485. The molecule has 0 atom stereocenters. The first-order chi connectivity index (χ1) is 5.70. The summed E-state index contributed by atoms with van der Waals surface area (Å²) < 4.78 is 12.9. The lowest BCUT2D eigenvalue weighted by atomic mass is 10.3. The van der Waals surface area contributed by atoms with Gasteiger partial charge in [0.1, 0.15) is 11.5 Å². The molecule has 0 amide bonds. The maximum atomic E-state index is 12.9. The molecule has 1 rings (SSSR count). The van der Waals surface area contributed by atoms with Gasteiger partial charge in [0.25, 0.3) is 0 Å². The number of hydrogen-bond donors (Lipinski definition) is 0. The fraction of sp³-hybridized carbons (Fsp3) is 0.222. The van der Waals surface area contributed by atoms with Crippen molar-refractivity contribution in [1.29, 1.82) is 0 Å². The van der Waals surface area contributed by atoms with Crippen molar-refractivity contribution in [3.8, 4) is 0 Å². The average molecular weight is 166 g/mol. The molecule has 0 unspecified atom stereocenters. The van der Waals surface area contributed by atoms with E-state index < -0.39 is 0 Å². The highest BCUT2D eigenvalue weighted by atomic mass is 19.1. The summed E-state index contributed by atoms with van der Waals surface area (Å²) in [6, 6.07) is 6.42. The van der Waals surface area contributed by atoms with E-state index in [9.17, 15) is 4.39 Å². The van der Waals surface area contributed by atoms with E-state index in [-0.39, 0.29) is 5.82 Å². The van der Waals surface area contributed by atoms with Crippen molar-refractivity contribution in [3.05, 3.63) is 30.1 Å². The van der Waals surface area contributed by atoms with E-state index in [4.69, 9.17) is 0 Å². The van der Waals surface area contributed by atoms with Crippen LogP contribution in [0.5, 0.6) is 0 Å². The van der Waals surface area contributed by atoms with E-state index in [1.807, 2.05) is 14.1 Å². The second kappa shape index (κ2) is 3.85. The maximum Gasteiger partial charge on any atom is 0.148 e. The van der Waals surface area contributed by atoms with Crippen LogP contribution in [0.2, 0.25) is 0 Å². The number of hydrogen-bond acceptors (Lipinski definition) is 1. The SMILES string of the molecule is CN(C)C=Nc1ccccc1F. The summed E-state index contributed by atoms with van der Waals surface area (Å²) in [6.45, 7) is 0. The summed E-state index contributed by atoms with van der Waals surface area (Å²) in [7, 11) is 3.68. The monoisotopic (exact) mass is 166 g/mol. The minimum Gasteiger partial charge on any atom is -0.369 e. The molecule has 0 aliphatic rings. The molecular formula is C9H11FN2. The average Bonchev–Trinajstić information content (AvgIpc) is 2.03. The molecule has 0 saturated heterocycles. The van der Waals surface area contributed by atoms with E-state index in [1.165, 1.54) is 6.07 Å². The van der Waals surface area contributed by atoms with Gasteiger partial charge >= 0.3 is 0 Å². The molecule has 12 heavy (non-hydrogen) atoms. The standard InChI is InChI=1S/C9H11FN2/c1-12(2)7-11-9-6-4-3-5-8(9)10/h3-7H,1-2H3. The smallest absolute Gasteiger partial charge is 0.148 e. The highest BCUT2D eigenvalue weighted by molar-refractivity contribution is 5.60. The van der Waals surface area contributed by atoms with Crippen LogP contribution in [0, 0.1) is 5.82 Å². The lowest BCUT2D eigenvalue weighted by Gasteiger charge is -2.02. The summed E-state index contributed by atoms with van der Waals surface area (Å²) in [4.78, 5) is 5.69. The fourth-order valence-electron chi connectivity index (χ4n) is 0.734. The zero-order chi connectivity index (χ0) is 8.97. The zero-order valence-corrected chi connectivity index (χ0v) is 7.16. The van der Waals surface area contributed by atoms with E-state index in [2.05, 4.69) is 4.99 Å². The molecule has 3 heteroatoms. The van der Waals surface area contributed by atoms with Crippen molar-refractivity contribution in [2.45, 2.75) is 0 Å². The first kappa shape index (κ1) is 8.71. The molecule has 0 fully saturated rings. The van der Waals surface area contributed by atoms with Crippen LogP contribution >= 0.6 is 0 Å². The van der Waals surface area contributed by atoms with E-state index in [1.54, 1.807) is 29.4 Å². The van der Waals surface area contributed by atoms with Crippen LogP contribution in [0.15, 0.2) is 29.3 Å². The number of nitrogens with zero attached hydrogens (tertiary/aromatic N) is 2. The van der Waals surface area contributed by atoms with E-state index in [0.29, 0.717) is 5.69 Å². The molecule has 2 nitrogen and oxygen atoms in total. The molecule has 0 spiro atoms. The van der Waals surface area contributed by atoms with Gasteiger partial charge in [-0.2, -0.15) is 0 Å². The van der Waals surface area contributed by atoms with Crippen LogP contribution in [0.25, 0.3) is 0 Å². The number of rotatable bonds is 2. The molecule has 0 aliphatic carbocycles. The van der Waals surface area contributed by atoms with Gasteiger partial charge in [0, 0.05) is 14.1 Å². The highest BCUT2D eigenvalue weighted by Gasteiger charge is 1.95. The minimum absolute atomic E-state index is 0.296. The van der Waals surface area contributed by atoms with Gasteiger partial charge in [0.15, 0.2) is 0 Å². The molecule has 0 bridgehead atoms. The topological polar surface area (TPSA) is 15.6 Å². The van der Waals surface area contributed by atoms with Crippen molar-refractivity contribution in [2.24, 2.45) is 4.99 Å². The molecule has 0 radical (unpaired) electrons. The Morgan fingerprint density at radius 1 is 1.33 bits per heavy atom. The van der Waals surface area contributed by atoms with Crippen molar-refractivity contribution in [2.75, 3.05) is 14.1 Å². The van der Waals surface area contributed by atoms with Crippen LogP contribution in [0.3, 0.4) is 0 Å². The summed E-state index contributed by atoms with van der Waals surface area (Å²) >= 11 is 0. The predicted octanol–water partition coefficient (Wildman–Crippen LogP) is 2.05. The molecule has 0 saturated carbocycles. The van der Waals surface area contributed by atoms with Gasteiger partial charge in [-0.1, -0.05) is 12.1 Å². The van der Waals surface area contributed by atoms with Gasteiger partial charge in [-0.25, -0.2) is 9.38 Å². The molecule has 1 aromatic rings. The van der Waals surface area contributed by atoms with E-state index in [0.717, 1.165) is 0 Å². The Hall–Kier alpha value is -1.38. The summed E-state index contributed by atoms with van der Waals surface area (Å²) in [6.07, 6.45) is 1.57. The predicted molar refractivity (Wildman–Crippen MR) is 48.2 cm³/mol. The third-order valence-corrected chi connectivity index (χ3v) is 1.28. The van der Waals surface area contributed by atoms with Crippen LogP contribution < -0.4 is 0 Å². The van der Waals surface area contributed by atoms with Crippen molar-refractivity contribution in [1.82, 2.24) is 4.90 Å². The molecule has 0 aromatic heterocycles. The zero-order valence-electron chi connectivity index (χ0n) is 7.16. The van der Waals surface area contributed by atoms with Crippen molar-refractivity contribution < 1.29 is 4.39 Å². The summed E-state index contributed by atoms with van der Waals surface area (Å²) in [5, 5.41) is 0. The van der Waals surface area contributed by atoms with Crippen LogP contribution in [-0.4, -0.2) is 25.3 Å². The molecule has 0 aliphatic heterocycles. The third-order valence-electron chi connectivity index (χ3n) is 1.28. The number of aliphatic imine (C=N–C) groups is 1. The van der Waals surface area contributed by atoms with Gasteiger partial charge in [-0.3, -0.25) is 0 Å². The fourth-order valence-corrected chi connectivity index (χ4v) is 0.734. The Bertz CT molecular complexity index is 282. The van der Waals surface area contributed by atoms with E-state index >= 15 is 0 Å². The molecule has 0 heterocycles. The first-order valence-electron chi connectivity index (χ1n) is 3.65. The Kier molecular flexibility index (Phi) is 2.80. The Labute approximate surface area is 71.3 Å². The summed E-state index contributed by atoms with van der Waals surface area (Å²) in [5.74, 6) is -0.296. The Morgan fingerprint density at radius 2 is 2.00 bits per heavy atom. The minimum atomic E-state index is -0.296. The molecule has 0 N–H and O–H groups in total. The van der Waals surface area contributed by atoms with Gasteiger partial charge in [-0.05, 0) is 12.1 Å². The lowest BCUT2D eigenvalue weighted by molar-refractivity contribution is 0.624.